The molecule has 0 radical (unpaired) electrons. The molecule has 0 saturated carbocycles. The molecular weight excluding hydrogens is 560 g/mol. The number of halogens is 1. The molecule has 0 bridgehead atoms. The fraction of sp³-hybridized carbons (Fsp3) is 0.400. The SMILES string of the molecule is CCCCCCC1(CCCCCC)c2ccccc2-c2ccc(-c3ccc4c(c3)C(C)(C)c3cc(Br)ccc3-4)cc21. The summed E-state index contributed by atoms with van der Waals surface area (Å²) in [5, 5.41) is 0. The summed E-state index contributed by atoms with van der Waals surface area (Å²) >= 11 is 3.72. The molecule has 6 rings (SSSR count). The van der Waals surface area contributed by atoms with E-state index in [2.05, 4.69) is 122 Å². The van der Waals surface area contributed by atoms with E-state index < -0.39 is 0 Å². The molecule has 4 aromatic rings. The molecule has 0 N–H and O–H groups in total. The molecule has 4 aromatic carbocycles. The summed E-state index contributed by atoms with van der Waals surface area (Å²) in [7, 11) is 0. The van der Waals surface area contributed by atoms with E-state index in [1.807, 2.05) is 0 Å². The predicted molar refractivity (Wildman–Crippen MR) is 181 cm³/mol. The van der Waals surface area contributed by atoms with Gasteiger partial charge in [-0.25, -0.2) is 0 Å². The van der Waals surface area contributed by atoms with Gasteiger partial charge in [-0.15, -0.1) is 0 Å². The van der Waals surface area contributed by atoms with Gasteiger partial charge < -0.3 is 0 Å². The van der Waals surface area contributed by atoms with E-state index in [1.165, 1.54) is 109 Å². The van der Waals surface area contributed by atoms with Gasteiger partial charge in [-0.3, -0.25) is 0 Å². The summed E-state index contributed by atoms with van der Waals surface area (Å²) in [5.41, 5.74) is 14.5. The second kappa shape index (κ2) is 11.6. The smallest absolute Gasteiger partial charge is 0.0215 e. The normalized spacial score (nSPS) is 15.3. The van der Waals surface area contributed by atoms with Crippen molar-refractivity contribution in [3.63, 3.8) is 0 Å². The van der Waals surface area contributed by atoms with E-state index >= 15 is 0 Å². The highest BCUT2D eigenvalue weighted by molar-refractivity contribution is 9.10. The minimum Gasteiger partial charge on any atom is -0.0654 e. The van der Waals surface area contributed by atoms with Crippen LogP contribution < -0.4 is 0 Å². The van der Waals surface area contributed by atoms with Gasteiger partial charge >= 0.3 is 0 Å². The molecule has 0 unspecified atom stereocenters. The lowest BCUT2D eigenvalue weighted by atomic mass is 9.70. The van der Waals surface area contributed by atoms with Crippen LogP contribution in [-0.2, 0) is 10.8 Å². The Kier molecular flexibility index (Phi) is 8.03. The second-order valence-electron chi connectivity index (χ2n) is 13.1. The number of unbranched alkanes of at least 4 members (excludes halogenated alkanes) is 6. The Morgan fingerprint density at radius 3 is 1.66 bits per heavy atom. The van der Waals surface area contributed by atoms with Crippen molar-refractivity contribution >= 4 is 15.9 Å². The zero-order chi connectivity index (χ0) is 28.6. The molecule has 0 saturated heterocycles. The molecule has 0 aliphatic heterocycles. The molecule has 0 atom stereocenters. The summed E-state index contributed by atoms with van der Waals surface area (Å²) in [6, 6.07) is 30.7. The van der Waals surface area contributed by atoms with E-state index in [0.29, 0.717) is 0 Å². The number of fused-ring (bicyclic) bond motifs is 6. The van der Waals surface area contributed by atoms with E-state index in [1.54, 1.807) is 11.1 Å². The van der Waals surface area contributed by atoms with Gasteiger partial charge in [0.05, 0.1) is 0 Å². The first-order valence-corrected chi connectivity index (χ1v) is 16.9. The molecule has 0 spiro atoms. The van der Waals surface area contributed by atoms with Crippen LogP contribution in [0.15, 0.2) is 83.3 Å². The van der Waals surface area contributed by atoms with Crippen molar-refractivity contribution in [3.05, 3.63) is 106 Å². The van der Waals surface area contributed by atoms with Crippen molar-refractivity contribution < 1.29 is 0 Å². The van der Waals surface area contributed by atoms with Gasteiger partial charge in [-0.1, -0.05) is 150 Å². The zero-order valence-electron chi connectivity index (χ0n) is 25.5. The first-order chi connectivity index (χ1) is 19.9. The summed E-state index contributed by atoms with van der Waals surface area (Å²) < 4.78 is 1.16. The average Bonchev–Trinajstić information content (AvgIpc) is 3.38. The van der Waals surface area contributed by atoms with Crippen molar-refractivity contribution in [2.45, 2.75) is 103 Å². The summed E-state index contributed by atoms with van der Waals surface area (Å²) in [4.78, 5) is 0. The maximum atomic E-state index is 3.72. The lowest BCUT2D eigenvalue weighted by molar-refractivity contribution is 0.401. The fourth-order valence-corrected chi connectivity index (χ4v) is 8.26. The van der Waals surface area contributed by atoms with E-state index in [9.17, 15) is 0 Å². The van der Waals surface area contributed by atoms with Crippen LogP contribution in [0.2, 0.25) is 0 Å². The van der Waals surface area contributed by atoms with Crippen LogP contribution in [-0.4, -0.2) is 0 Å². The minimum atomic E-state index is -0.0142. The van der Waals surface area contributed by atoms with Gasteiger partial charge in [0.1, 0.15) is 0 Å². The fourth-order valence-electron chi connectivity index (χ4n) is 7.90. The van der Waals surface area contributed by atoms with E-state index in [-0.39, 0.29) is 10.8 Å². The average molecular weight is 606 g/mol. The number of benzene rings is 4. The second-order valence-corrected chi connectivity index (χ2v) is 14.0. The Hall–Kier alpha value is -2.64. The van der Waals surface area contributed by atoms with Crippen LogP contribution in [0.5, 0.6) is 0 Å². The number of hydrogen-bond donors (Lipinski definition) is 0. The zero-order valence-corrected chi connectivity index (χ0v) is 27.0. The highest BCUT2D eigenvalue weighted by Crippen LogP contribution is 2.55. The van der Waals surface area contributed by atoms with Gasteiger partial charge in [0.15, 0.2) is 0 Å². The Balaban J connectivity index is 1.44. The lowest BCUT2D eigenvalue weighted by Gasteiger charge is -2.33. The summed E-state index contributed by atoms with van der Waals surface area (Å²) in [6.07, 6.45) is 13.0. The third-order valence-corrected chi connectivity index (χ3v) is 10.6. The van der Waals surface area contributed by atoms with Crippen LogP contribution in [0.25, 0.3) is 33.4 Å². The maximum absolute atomic E-state index is 3.72. The molecule has 2 aliphatic rings. The monoisotopic (exact) mass is 604 g/mol. The molecule has 0 fully saturated rings. The molecule has 1 heteroatoms. The van der Waals surface area contributed by atoms with Crippen molar-refractivity contribution in [1.29, 1.82) is 0 Å². The summed E-state index contributed by atoms with van der Waals surface area (Å²) in [5.74, 6) is 0. The van der Waals surface area contributed by atoms with Gasteiger partial charge in [0, 0.05) is 15.3 Å². The molecule has 0 amide bonds. The summed E-state index contributed by atoms with van der Waals surface area (Å²) in [6.45, 7) is 9.40. The van der Waals surface area contributed by atoms with Crippen LogP contribution in [0.3, 0.4) is 0 Å². The van der Waals surface area contributed by atoms with Crippen LogP contribution in [0.1, 0.15) is 114 Å². The third-order valence-electron chi connectivity index (χ3n) is 10.2. The highest BCUT2D eigenvalue weighted by atomic mass is 79.9. The van der Waals surface area contributed by atoms with Gasteiger partial charge in [-0.2, -0.15) is 0 Å². The van der Waals surface area contributed by atoms with Gasteiger partial charge in [0.2, 0.25) is 0 Å². The molecule has 0 aromatic heterocycles. The molecule has 41 heavy (non-hydrogen) atoms. The van der Waals surface area contributed by atoms with Crippen molar-refractivity contribution in [2.75, 3.05) is 0 Å². The van der Waals surface area contributed by atoms with Crippen LogP contribution in [0, 0.1) is 0 Å². The topological polar surface area (TPSA) is 0 Å². The largest absolute Gasteiger partial charge is 0.0654 e. The standard InChI is InChI=1S/C40H45Br/c1-5-7-9-13-23-40(24-14-10-8-6-2)35-16-12-11-15-31(35)34-21-18-29(26-38(34)40)28-17-20-32-33-22-19-30(41)27-37(33)39(3,4)36(32)25-28/h11-12,15-22,25-27H,5-10,13-14,23-24H2,1-4H3. The minimum absolute atomic E-state index is 0.0142. The molecule has 0 heterocycles. The highest BCUT2D eigenvalue weighted by Gasteiger charge is 2.42. The lowest BCUT2D eigenvalue weighted by Crippen LogP contribution is -2.25. The third kappa shape index (κ3) is 4.93. The van der Waals surface area contributed by atoms with Crippen LogP contribution >= 0.6 is 15.9 Å². The van der Waals surface area contributed by atoms with Crippen molar-refractivity contribution in [1.82, 2.24) is 0 Å². The Morgan fingerprint density at radius 1 is 0.512 bits per heavy atom. The van der Waals surface area contributed by atoms with Crippen molar-refractivity contribution in [2.24, 2.45) is 0 Å². The molecular formula is C40H45Br. The Morgan fingerprint density at radius 2 is 1.02 bits per heavy atom. The quantitative estimate of drug-likeness (QED) is 0.149. The maximum Gasteiger partial charge on any atom is 0.0215 e. The predicted octanol–water partition coefficient (Wildman–Crippen LogP) is 12.6. The molecule has 212 valence electrons. The molecule has 2 aliphatic carbocycles. The number of rotatable bonds is 11. The van der Waals surface area contributed by atoms with Gasteiger partial charge in [-0.05, 0) is 92.7 Å². The Bertz CT molecular complexity index is 1540. The van der Waals surface area contributed by atoms with E-state index in [4.69, 9.17) is 0 Å². The Labute approximate surface area is 256 Å². The first kappa shape index (κ1) is 28.5. The van der Waals surface area contributed by atoms with E-state index in [0.717, 1.165) is 4.47 Å². The first-order valence-electron chi connectivity index (χ1n) is 16.1. The van der Waals surface area contributed by atoms with Crippen molar-refractivity contribution in [3.8, 4) is 33.4 Å². The number of hydrogen-bond acceptors (Lipinski definition) is 0. The molecule has 0 nitrogen and oxygen atoms in total. The van der Waals surface area contributed by atoms with Crippen LogP contribution in [0.4, 0.5) is 0 Å². The van der Waals surface area contributed by atoms with Gasteiger partial charge in [0.25, 0.3) is 0 Å².